The van der Waals surface area contributed by atoms with Gasteiger partial charge >= 0.3 is 12.0 Å². The molecule has 2 N–H and O–H groups in total. The number of hydrazine groups is 1. The number of nitrogens with one attached hydrogen (secondary N) is 2. The molecule has 0 unspecified atom stereocenters. The van der Waals surface area contributed by atoms with Gasteiger partial charge in [0.25, 0.3) is 11.8 Å². The first-order chi connectivity index (χ1) is 17.1. The number of aromatic nitrogens is 2. The van der Waals surface area contributed by atoms with Gasteiger partial charge in [0.05, 0.1) is 11.4 Å². The number of rotatable bonds is 6. The van der Waals surface area contributed by atoms with Crippen LogP contribution in [0.1, 0.15) is 49.6 Å². The summed E-state index contributed by atoms with van der Waals surface area (Å²) in [6, 6.07) is 5.16. The number of ether oxygens (including phenoxy) is 1. The minimum absolute atomic E-state index is 0.356. The fourth-order valence-corrected chi connectivity index (χ4v) is 4.54. The van der Waals surface area contributed by atoms with E-state index < -0.39 is 36.0 Å². The van der Waals surface area contributed by atoms with Gasteiger partial charge < -0.3 is 10.1 Å². The maximum atomic E-state index is 13.2. The third-order valence-corrected chi connectivity index (χ3v) is 6.68. The highest BCUT2D eigenvalue weighted by molar-refractivity contribution is 6.08. The van der Waals surface area contributed by atoms with Crippen molar-refractivity contribution in [2.24, 2.45) is 5.92 Å². The third kappa shape index (κ3) is 5.00. The van der Waals surface area contributed by atoms with E-state index in [1.54, 1.807) is 30.7 Å². The van der Waals surface area contributed by atoms with Gasteiger partial charge in [0.15, 0.2) is 6.61 Å². The van der Waals surface area contributed by atoms with Gasteiger partial charge in [-0.25, -0.2) is 18.7 Å². The molecule has 1 aliphatic carbocycles. The topological polar surface area (TPSA) is 123 Å². The number of imide groups is 1. The summed E-state index contributed by atoms with van der Waals surface area (Å²) in [4.78, 5) is 49.5. The molecule has 36 heavy (non-hydrogen) atoms. The predicted molar refractivity (Wildman–Crippen MR) is 127 cm³/mol. The van der Waals surface area contributed by atoms with E-state index in [-0.39, 0.29) is 5.82 Å². The van der Waals surface area contributed by atoms with Crippen LogP contribution in [0.5, 0.6) is 0 Å². The molecule has 1 aliphatic heterocycles. The summed E-state index contributed by atoms with van der Waals surface area (Å²) in [5.41, 5.74) is 3.95. The first kappa shape index (κ1) is 25.1. The number of hydrogen-bond donors (Lipinski definition) is 2. The van der Waals surface area contributed by atoms with E-state index in [1.807, 2.05) is 0 Å². The maximum Gasteiger partial charge on any atom is 0.344 e. The van der Waals surface area contributed by atoms with Crippen LogP contribution in [0, 0.1) is 25.6 Å². The smallest absolute Gasteiger partial charge is 0.344 e. The molecule has 2 heterocycles. The molecule has 0 bridgehead atoms. The molecule has 1 spiro atoms. The molecule has 4 rings (SSSR count). The number of amides is 4. The molecular weight excluding hydrogens is 469 g/mol. The van der Waals surface area contributed by atoms with Gasteiger partial charge in [0.1, 0.15) is 11.4 Å². The molecule has 11 heteroatoms. The van der Waals surface area contributed by atoms with Crippen molar-refractivity contribution in [2.75, 3.05) is 6.61 Å². The van der Waals surface area contributed by atoms with E-state index in [0.717, 1.165) is 24.6 Å². The minimum Gasteiger partial charge on any atom is -0.452 e. The van der Waals surface area contributed by atoms with Crippen molar-refractivity contribution >= 4 is 29.9 Å². The summed E-state index contributed by atoms with van der Waals surface area (Å²) in [6.45, 7) is 5.00. The highest BCUT2D eigenvalue weighted by Crippen LogP contribution is 2.35. The van der Waals surface area contributed by atoms with Crippen molar-refractivity contribution in [1.29, 1.82) is 0 Å². The van der Waals surface area contributed by atoms with Crippen LogP contribution < -0.4 is 10.7 Å². The maximum absolute atomic E-state index is 13.2. The van der Waals surface area contributed by atoms with Crippen molar-refractivity contribution in [3.63, 3.8) is 0 Å². The number of halogens is 1. The molecule has 2 aromatic rings. The number of carbonyl (C=O) groups is 4. The Kier molecular flexibility index (Phi) is 6.91. The quantitative estimate of drug-likeness (QED) is 0.360. The Bertz CT molecular complexity index is 1230. The number of aryl methyl sites for hydroxylation is 1. The monoisotopic (exact) mass is 497 g/mol. The second-order valence-electron chi connectivity index (χ2n) is 9.28. The Morgan fingerprint density at radius 2 is 1.89 bits per heavy atom. The zero-order chi connectivity index (χ0) is 26.0. The number of hydrogen-bond acceptors (Lipinski definition) is 6. The molecule has 1 saturated heterocycles. The lowest BCUT2D eigenvalue weighted by Gasteiger charge is -2.33. The van der Waals surface area contributed by atoms with Crippen LogP contribution in [0.3, 0.4) is 0 Å². The van der Waals surface area contributed by atoms with Gasteiger partial charge in [0, 0.05) is 17.3 Å². The average Bonchev–Trinajstić information content (AvgIpc) is 3.26. The third-order valence-electron chi connectivity index (χ3n) is 6.68. The molecule has 0 atom stereocenters. The van der Waals surface area contributed by atoms with Crippen LogP contribution in [0.15, 0.2) is 30.3 Å². The lowest BCUT2D eigenvalue weighted by molar-refractivity contribution is -0.147. The Balaban J connectivity index is 1.32. The number of nitrogens with zero attached hydrogens (tertiary/aromatic N) is 3. The largest absolute Gasteiger partial charge is 0.452 e. The SMILES string of the molecule is Cc1nn(-c2ccc(F)cc2)c(C)c1/C=C/C(=O)OCC(=O)NN1C(=O)NC2(CCC(C)CC2)C1=O. The zero-order valence-electron chi connectivity index (χ0n) is 20.3. The van der Waals surface area contributed by atoms with E-state index in [9.17, 15) is 23.6 Å². The molecule has 1 aromatic carbocycles. The van der Waals surface area contributed by atoms with E-state index >= 15 is 0 Å². The molecule has 2 fully saturated rings. The van der Waals surface area contributed by atoms with Crippen LogP contribution in [-0.2, 0) is 19.1 Å². The highest BCUT2D eigenvalue weighted by atomic mass is 19.1. The van der Waals surface area contributed by atoms with E-state index in [0.29, 0.717) is 40.7 Å². The molecule has 4 amide bonds. The van der Waals surface area contributed by atoms with Crippen molar-refractivity contribution in [1.82, 2.24) is 25.5 Å². The van der Waals surface area contributed by atoms with Crippen LogP contribution >= 0.6 is 0 Å². The Morgan fingerprint density at radius 1 is 1.22 bits per heavy atom. The normalized spacial score (nSPS) is 21.8. The van der Waals surface area contributed by atoms with E-state index in [2.05, 4.69) is 22.8 Å². The molecule has 1 saturated carbocycles. The Labute approximate surface area is 207 Å². The van der Waals surface area contributed by atoms with Gasteiger partial charge in [-0.15, -0.1) is 0 Å². The minimum atomic E-state index is -0.982. The molecule has 2 aliphatic rings. The fourth-order valence-electron chi connectivity index (χ4n) is 4.54. The summed E-state index contributed by atoms with van der Waals surface area (Å²) >= 11 is 0. The van der Waals surface area contributed by atoms with Gasteiger partial charge in [-0.2, -0.15) is 10.1 Å². The van der Waals surface area contributed by atoms with Crippen LogP contribution in [0.4, 0.5) is 9.18 Å². The Morgan fingerprint density at radius 3 is 2.56 bits per heavy atom. The van der Waals surface area contributed by atoms with Gasteiger partial charge in [0.2, 0.25) is 0 Å². The first-order valence-electron chi connectivity index (χ1n) is 11.7. The average molecular weight is 498 g/mol. The number of carbonyl (C=O) groups excluding carboxylic acids is 4. The standard InChI is InChI=1S/C25H28FN5O5/c1-15-10-12-25(13-11-15)23(34)31(24(35)27-25)29-21(32)14-36-22(33)9-8-20-16(2)28-30(17(20)3)19-6-4-18(26)5-7-19/h4-9,15H,10-14H2,1-3H3,(H,27,35)(H,29,32)/b9-8+. The van der Waals surface area contributed by atoms with Gasteiger partial charge in [-0.05, 0) is 75.8 Å². The summed E-state index contributed by atoms with van der Waals surface area (Å²) in [5, 5.41) is 7.79. The van der Waals surface area contributed by atoms with Crippen LogP contribution in [0.2, 0.25) is 0 Å². The summed E-state index contributed by atoms with van der Waals surface area (Å²) in [7, 11) is 0. The van der Waals surface area contributed by atoms with Crippen molar-refractivity contribution in [3.05, 3.63) is 53.1 Å². The summed E-state index contributed by atoms with van der Waals surface area (Å²) in [6.07, 6.45) is 5.32. The number of benzene rings is 1. The first-order valence-corrected chi connectivity index (χ1v) is 11.7. The van der Waals surface area contributed by atoms with Crippen molar-refractivity contribution in [2.45, 2.75) is 52.0 Å². The fraction of sp³-hybridized carbons (Fsp3) is 0.400. The number of esters is 1. The van der Waals surface area contributed by atoms with E-state index in [1.165, 1.54) is 18.2 Å². The van der Waals surface area contributed by atoms with Crippen LogP contribution in [-0.4, -0.2) is 50.7 Å². The number of urea groups is 1. The van der Waals surface area contributed by atoms with E-state index in [4.69, 9.17) is 4.74 Å². The van der Waals surface area contributed by atoms with Crippen LogP contribution in [0.25, 0.3) is 11.8 Å². The predicted octanol–water partition coefficient (Wildman–Crippen LogP) is 2.72. The summed E-state index contributed by atoms with van der Waals surface area (Å²) < 4.78 is 19.8. The second kappa shape index (κ2) is 9.92. The van der Waals surface area contributed by atoms with Gasteiger partial charge in [-0.1, -0.05) is 6.92 Å². The van der Waals surface area contributed by atoms with Crippen molar-refractivity contribution < 1.29 is 28.3 Å². The zero-order valence-corrected chi connectivity index (χ0v) is 20.3. The lowest BCUT2D eigenvalue weighted by atomic mass is 9.77. The Hall–Kier alpha value is -4.02. The molecule has 10 nitrogen and oxygen atoms in total. The van der Waals surface area contributed by atoms with Gasteiger partial charge in [-0.3, -0.25) is 15.0 Å². The lowest BCUT2D eigenvalue weighted by Crippen LogP contribution is -2.52. The molecule has 190 valence electrons. The van der Waals surface area contributed by atoms with Crippen molar-refractivity contribution in [3.8, 4) is 5.69 Å². The molecule has 1 aromatic heterocycles. The second-order valence-corrected chi connectivity index (χ2v) is 9.28. The summed E-state index contributed by atoms with van der Waals surface area (Å²) in [5.74, 6) is -1.97. The molecular formula is C25H28FN5O5. The molecule has 0 radical (unpaired) electrons. The highest BCUT2D eigenvalue weighted by Gasteiger charge is 2.52.